The van der Waals surface area contributed by atoms with Gasteiger partial charge >= 0.3 is 0 Å². The molecule has 0 aromatic rings. The quantitative estimate of drug-likeness (QED) is 0.643. The fourth-order valence-corrected chi connectivity index (χ4v) is 1.85. The predicted molar refractivity (Wildman–Crippen MR) is 48.8 cm³/mol. The summed E-state index contributed by atoms with van der Waals surface area (Å²) in [5, 5.41) is 3.52. The van der Waals surface area contributed by atoms with Gasteiger partial charge in [-0.1, -0.05) is 6.92 Å². The minimum absolute atomic E-state index is 0.712. The fraction of sp³-hybridized carbons (Fsp3) is 1.00. The molecule has 2 unspecified atom stereocenters. The first-order valence-electron chi connectivity index (χ1n) is 4.69. The van der Waals surface area contributed by atoms with Crippen LogP contribution in [0.25, 0.3) is 0 Å². The summed E-state index contributed by atoms with van der Waals surface area (Å²) in [6.45, 7) is 6.86. The lowest BCUT2D eigenvalue weighted by Crippen LogP contribution is -2.50. The molecule has 0 radical (unpaired) electrons. The third-order valence-electron chi connectivity index (χ3n) is 2.77. The lowest BCUT2D eigenvalue weighted by atomic mass is 9.98. The summed E-state index contributed by atoms with van der Waals surface area (Å²) >= 11 is 0. The summed E-state index contributed by atoms with van der Waals surface area (Å²) < 4.78 is 0. The van der Waals surface area contributed by atoms with Gasteiger partial charge in [0, 0.05) is 12.1 Å². The minimum atomic E-state index is 0.712. The van der Waals surface area contributed by atoms with E-state index in [4.69, 9.17) is 0 Å². The maximum atomic E-state index is 3.52. The first-order valence-corrected chi connectivity index (χ1v) is 4.69. The van der Waals surface area contributed by atoms with Gasteiger partial charge in [0.25, 0.3) is 0 Å². The zero-order chi connectivity index (χ0) is 8.27. The lowest BCUT2D eigenvalue weighted by Gasteiger charge is -2.37. The van der Waals surface area contributed by atoms with Crippen molar-refractivity contribution in [2.45, 2.75) is 38.8 Å². The second-order valence-corrected chi connectivity index (χ2v) is 3.53. The highest BCUT2D eigenvalue weighted by molar-refractivity contribution is 4.83. The highest BCUT2D eigenvalue weighted by atomic mass is 15.2. The molecule has 0 aliphatic carbocycles. The van der Waals surface area contributed by atoms with E-state index in [1.54, 1.807) is 0 Å². The zero-order valence-corrected chi connectivity index (χ0v) is 7.93. The van der Waals surface area contributed by atoms with Crippen LogP contribution in [0.1, 0.15) is 26.7 Å². The summed E-state index contributed by atoms with van der Waals surface area (Å²) in [4.78, 5) is 2.44. The van der Waals surface area contributed by atoms with Crippen LogP contribution in [-0.4, -0.2) is 37.1 Å². The Kier molecular flexibility index (Phi) is 3.34. The molecule has 2 atom stereocenters. The molecule has 2 nitrogen and oxygen atoms in total. The predicted octanol–water partition coefficient (Wildman–Crippen LogP) is 1.08. The summed E-state index contributed by atoms with van der Waals surface area (Å²) in [5.74, 6) is 0. The Morgan fingerprint density at radius 1 is 1.55 bits per heavy atom. The van der Waals surface area contributed by atoms with E-state index in [-0.39, 0.29) is 0 Å². The number of rotatable bonds is 2. The Labute approximate surface area is 70.0 Å². The number of piperidine rings is 1. The van der Waals surface area contributed by atoms with E-state index < -0.39 is 0 Å². The van der Waals surface area contributed by atoms with E-state index >= 15 is 0 Å². The molecule has 1 aliphatic rings. The molecule has 0 spiro atoms. The average molecular weight is 156 g/mol. The zero-order valence-electron chi connectivity index (χ0n) is 7.93. The third-order valence-corrected chi connectivity index (χ3v) is 2.77. The largest absolute Gasteiger partial charge is 0.313 e. The van der Waals surface area contributed by atoms with Crippen molar-refractivity contribution in [3.63, 3.8) is 0 Å². The molecule has 11 heavy (non-hydrogen) atoms. The molecule has 1 fully saturated rings. The number of likely N-dealkylation sites (tertiary alicyclic amines) is 1. The molecule has 1 saturated heterocycles. The Morgan fingerprint density at radius 3 is 2.91 bits per heavy atom. The van der Waals surface area contributed by atoms with Crippen molar-refractivity contribution in [1.29, 1.82) is 0 Å². The highest BCUT2D eigenvalue weighted by Gasteiger charge is 2.23. The summed E-state index contributed by atoms with van der Waals surface area (Å²) in [6, 6.07) is 1.43. The van der Waals surface area contributed by atoms with Gasteiger partial charge in [0.15, 0.2) is 0 Å². The molecular weight excluding hydrogens is 136 g/mol. The van der Waals surface area contributed by atoms with Crippen molar-refractivity contribution in [3.8, 4) is 0 Å². The first kappa shape index (κ1) is 9.01. The molecular formula is C9H20N2. The fourth-order valence-electron chi connectivity index (χ4n) is 1.85. The Balaban J connectivity index is 2.38. The van der Waals surface area contributed by atoms with Crippen molar-refractivity contribution in [2.24, 2.45) is 0 Å². The second kappa shape index (κ2) is 4.07. The maximum Gasteiger partial charge on any atom is 0.0220 e. The number of hydrogen-bond acceptors (Lipinski definition) is 2. The Bertz CT molecular complexity index is 112. The van der Waals surface area contributed by atoms with Gasteiger partial charge in [-0.25, -0.2) is 0 Å². The van der Waals surface area contributed by atoms with Gasteiger partial charge in [-0.05, 0) is 39.9 Å². The summed E-state index contributed by atoms with van der Waals surface area (Å²) in [7, 11) is 2.22. The van der Waals surface area contributed by atoms with E-state index in [1.807, 2.05) is 0 Å². The number of likely N-dealkylation sites (N-methyl/N-ethyl adjacent to an activating group) is 2. The van der Waals surface area contributed by atoms with E-state index in [1.165, 1.54) is 19.4 Å². The number of nitrogens with one attached hydrogen (secondary N) is 1. The van der Waals surface area contributed by atoms with Crippen molar-refractivity contribution >= 4 is 0 Å². The van der Waals surface area contributed by atoms with Crippen LogP contribution in [0, 0.1) is 0 Å². The summed E-state index contributed by atoms with van der Waals surface area (Å²) in [5.41, 5.74) is 0. The monoisotopic (exact) mass is 156 g/mol. The van der Waals surface area contributed by atoms with Crippen molar-refractivity contribution in [1.82, 2.24) is 10.2 Å². The SMILES string of the molecule is CCNC1CCCN(C)C1C. The van der Waals surface area contributed by atoms with Crippen LogP contribution in [0.4, 0.5) is 0 Å². The van der Waals surface area contributed by atoms with Gasteiger partial charge < -0.3 is 10.2 Å². The molecule has 0 saturated carbocycles. The smallest absolute Gasteiger partial charge is 0.0220 e. The van der Waals surface area contributed by atoms with Crippen LogP contribution in [0.15, 0.2) is 0 Å². The summed E-state index contributed by atoms with van der Waals surface area (Å²) in [6.07, 6.45) is 2.69. The number of nitrogens with zero attached hydrogens (tertiary/aromatic N) is 1. The van der Waals surface area contributed by atoms with E-state index in [0.717, 1.165) is 12.6 Å². The normalized spacial score (nSPS) is 34.1. The van der Waals surface area contributed by atoms with Gasteiger partial charge in [-0.3, -0.25) is 0 Å². The van der Waals surface area contributed by atoms with Gasteiger partial charge in [-0.2, -0.15) is 0 Å². The van der Waals surface area contributed by atoms with E-state index in [9.17, 15) is 0 Å². The van der Waals surface area contributed by atoms with Crippen molar-refractivity contribution in [3.05, 3.63) is 0 Å². The Hall–Kier alpha value is -0.0800. The second-order valence-electron chi connectivity index (χ2n) is 3.53. The number of hydrogen-bond donors (Lipinski definition) is 1. The molecule has 1 aliphatic heterocycles. The standard InChI is InChI=1S/C9H20N2/c1-4-10-9-6-5-7-11(3)8(9)2/h8-10H,4-7H2,1-3H3. The maximum absolute atomic E-state index is 3.52. The van der Waals surface area contributed by atoms with Crippen LogP contribution in [0.3, 0.4) is 0 Å². The van der Waals surface area contributed by atoms with Crippen LogP contribution in [0.2, 0.25) is 0 Å². The molecule has 1 rings (SSSR count). The molecule has 66 valence electrons. The minimum Gasteiger partial charge on any atom is -0.313 e. The van der Waals surface area contributed by atoms with Crippen molar-refractivity contribution in [2.75, 3.05) is 20.1 Å². The molecule has 2 heteroatoms. The van der Waals surface area contributed by atoms with E-state index in [0.29, 0.717) is 6.04 Å². The van der Waals surface area contributed by atoms with Gasteiger partial charge in [0.05, 0.1) is 0 Å². The van der Waals surface area contributed by atoms with Crippen molar-refractivity contribution < 1.29 is 0 Å². The van der Waals surface area contributed by atoms with Crippen LogP contribution in [-0.2, 0) is 0 Å². The van der Waals surface area contributed by atoms with Gasteiger partial charge in [0.1, 0.15) is 0 Å². The Morgan fingerprint density at radius 2 is 2.27 bits per heavy atom. The molecule has 0 aromatic heterocycles. The molecule has 1 N–H and O–H groups in total. The average Bonchev–Trinajstić information content (AvgIpc) is 1.99. The van der Waals surface area contributed by atoms with Crippen LogP contribution < -0.4 is 5.32 Å². The van der Waals surface area contributed by atoms with Gasteiger partial charge in [0.2, 0.25) is 0 Å². The van der Waals surface area contributed by atoms with Gasteiger partial charge in [-0.15, -0.1) is 0 Å². The lowest BCUT2D eigenvalue weighted by molar-refractivity contribution is 0.156. The molecule has 0 amide bonds. The molecule has 0 aromatic carbocycles. The molecule has 0 bridgehead atoms. The third kappa shape index (κ3) is 2.17. The topological polar surface area (TPSA) is 15.3 Å². The highest BCUT2D eigenvalue weighted by Crippen LogP contribution is 2.14. The van der Waals surface area contributed by atoms with E-state index in [2.05, 4.69) is 31.1 Å². The van der Waals surface area contributed by atoms with Crippen LogP contribution in [0.5, 0.6) is 0 Å². The molecule has 1 heterocycles. The first-order chi connectivity index (χ1) is 5.25. The van der Waals surface area contributed by atoms with Crippen LogP contribution >= 0.6 is 0 Å².